The Kier molecular flexibility index (Phi) is 4.56. The average molecular weight is 372 g/mol. The van der Waals surface area contributed by atoms with E-state index in [0.29, 0.717) is 17.2 Å². The predicted octanol–water partition coefficient (Wildman–Crippen LogP) is 4.93. The average Bonchev–Trinajstić information content (AvgIpc) is 2.98. The van der Waals surface area contributed by atoms with Gasteiger partial charge in [-0.15, -0.1) is 11.3 Å². The molecule has 0 saturated heterocycles. The lowest BCUT2D eigenvalue weighted by molar-refractivity contribution is 0.102. The van der Waals surface area contributed by atoms with Crippen molar-refractivity contribution in [1.82, 2.24) is 9.97 Å². The van der Waals surface area contributed by atoms with Crippen molar-refractivity contribution in [2.24, 2.45) is 5.92 Å². The minimum atomic E-state index is -0.333. The number of rotatable bonds is 4. The lowest BCUT2D eigenvalue weighted by Gasteiger charge is -2.18. The number of benzene rings is 1. The van der Waals surface area contributed by atoms with Crippen LogP contribution in [0.15, 0.2) is 35.6 Å². The minimum Gasteiger partial charge on any atom is -0.293 e. The number of ketones is 1. The number of thioether (sulfide) groups is 1. The van der Waals surface area contributed by atoms with Gasteiger partial charge in [0.05, 0.1) is 5.75 Å². The van der Waals surface area contributed by atoms with Crippen LogP contribution in [0.2, 0.25) is 0 Å². The largest absolute Gasteiger partial charge is 0.293 e. The molecule has 4 rings (SSSR count). The Hall–Kier alpha value is -1.79. The maximum atomic E-state index is 13.0. The van der Waals surface area contributed by atoms with E-state index in [2.05, 4.69) is 16.9 Å². The highest BCUT2D eigenvalue weighted by Gasteiger charge is 2.23. The third-order valence-corrected chi connectivity index (χ3v) is 6.71. The van der Waals surface area contributed by atoms with Crippen LogP contribution < -0.4 is 0 Å². The van der Waals surface area contributed by atoms with Crippen LogP contribution >= 0.6 is 23.1 Å². The fourth-order valence-electron chi connectivity index (χ4n) is 3.21. The molecule has 0 bridgehead atoms. The van der Waals surface area contributed by atoms with Crippen molar-refractivity contribution in [2.75, 3.05) is 5.75 Å². The van der Waals surface area contributed by atoms with E-state index in [-0.39, 0.29) is 11.6 Å². The maximum Gasteiger partial charge on any atom is 0.173 e. The number of hydrogen-bond acceptors (Lipinski definition) is 5. The molecule has 128 valence electrons. The lowest BCUT2D eigenvalue weighted by Crippen LogP contribution is -2.09. The molecule has 0 spiro atoms. The molecule has 25 heavy (non-hydrogen) atoms. The summed E-state index contributed by atoms with van der Waals surface area (Å²) in [5.74, 6) is 0.652. The fourth-order valence-corrected chi connectivity index (χ4v) is 5.54. The molecule has 6 heteroatoms. The summed E-state index contributed by atoms with van der Waals surface area (Å²) in [6.07, 6.45) is 4.93. The highest BCUT2D eigenvalue weighted by atomic mass is 32.2. The molecule has 1 aliphatic carbocycles. The first-order valence-corrected chi connectivity index (χ1v) is 10.1. The second-order valence-corrected chi connectivity index (χ2v) is 8.48. The smallest absolute Gasteiger partial charge is 0.173 e. The summed E-state index contributed by atoms with van der Waals surface area (Å²) in [6.45, 7) is 2.29. The Morgan fingerprint density at radius 1 is 1.32 bits per heavy atom. The standard InChI is InChI=1S/C19H17FN2OS2/c1-11-2-7-14-16(8-11)25-19-17(14)18(21-10-22-19)24-9-15(23)12-3-5-13(20)6-4-12/h3-6,10-11H,2,7-9H2,1H3. The van der Waals surface area contributed by atoms with E-state index in [0.717, 1.165) is 28.1 Å². The van der Waals surface area contributed by atoms with E-state index in [1.165, 1.54) is 52.9 Å². The van der Waals surface area contributed by atoms with Crippen LogP contribution in [0.4, 0.5) is 4.39 Å². The van der Waals surface area contributed by atoms with Crippen molar-refractivity contribution in [3.63, 3.8) is 0 Å². The first-order chi connectivity index (χ1) is 12.1. The summed E-state index contributed by atoms with van der Waals surface area (Å²) >= 11 is 3.21. The molecular formula is C19H17FN2OS2. The molecule has 2 aromatic heterocycles. The predicted molar refractivity (Wildman–Crippen MR) is 100 cm³/mol. The zero-order chi connectivity index (χ0) is 17.4. The van der Waals surface area contributed by atoms with Gasteiger partial charge in [0, 0.05) is 15.8 Å². The quantitative estimate of drug-likeness (QED) is 0.370. The lowest BCUT2D eigenvalue weighted by atomic mass is 9.89. The van der Waals surface area contributed by atoms with Crippen molar-refractivity contribution in [1.29, 1.82) is 0 Å². The van der Waals surface area contributed by atoms with E-state index in [1.54, 1.807) is 17.7 Å². The number of Topliss-reactive ketones (excluding diaryl/α,β-unsaturated/α-hetero) is 1. The first-order valence-electron chi connectivity index (χ1n) is 8.28. The number of fused-ring (bicyclic) bond motifs is 3. The number of aryl methyl sites for hydroxylation is 1. The molecule has 0 saturated carbocycles. The minimum absolute atomic E-state index is 0.0190. The summed E-state index contributed by atoms with van der Waals surface area (Å²) in [5.41, 5.74) is 1.90. The topological polar surface area (TPSA) is 42.9 Å². The number of hydrogen-bond donors (Lipinski definition) is 0. The third-order valence-electron chi connectivity index (χ3n) is 4.56. The van der Waals surface area contributed by atoms with Gasteiger partial charge in [0.2, 0.25) is 0 Å². The van der Waals surface area contributed by atoms with Gasteiger partial charge in [-0.25, -0.2) is 14.4 Å². The monoisotopic (exact) mass is 372 g/mol. The van der Waals surface area contributed by atoms with Gasteiger partial charge in [-0.3, -0.25) is 4.79 Å². The van der Waals surface area contributed by atoms with Gasteiger partial charge >= 0.3 is 0 Å². The Morgan fingerprint density at radius 3 is 2.92 bits per heavy atom. The molecular weight excluding hydrogens is 355 g/mol. The summed E-state index contributed by atoms with van der Waals surface area (Å²) in [7, 11) is 0. The molecule has 1 unspecified atom stereocenters. The van der Waals surface area contributed by atoms with Gasteiger partial charge in [0.1, 0.15) is 22.0 Å². The Balaban J connectivity index is 1.59. The third kappa shape index (κ3) is 3.33. The van der Waals surface area contributed by atoms with E-state index < -0.39 is 0 Å². The molecule has 0 aliphatic heterocycles. The zero-order valence-electron chi connectivity index (χ0n) is 13.8. The van der Waals surface area contributed by atoms with E-state index >= 15 is 0 Å². The van der Waals surface area contributed by atoms with Gasteiger partial charge in [0.15, 0.2) is 5.78 Å². The Labute approximate surface area is 153 Å². The van der Waals surface area contributed by atoms with Crippen molar-refractivity contribution in [3.8, 4) is 0 Å². The van der Waals surface area contributed by atoms with Gasteiger partial charge in [-0.1, -0.05) is 18.7 Å². The summed E-state index contributed by atoms with van der Waals surface area (Å²) in [4.78, 5) is 23.7. The van der Waals surface area contributed by atoms with Crippen LogP contribution in [-0.2, 0) is 12.8 Å². The Morgan fingerprint density at radius 2 is 2.12 bits per heavy atom. The number of thiophene rings is 1. The number of nitrogens with zero attached hydrogens (tertiary/aromatic N) is 2. The maximum absolute atomic E-state index is 13.0. The van der Waals surface area contributed by atoms with Gasteiger partial charge in [-0.05, 0) is 55.0 Å². The van der Waals surface area contributed by atoms with Gasteiger partial charge in [-0.2, -0.15) is 0 Å². The van der Waals surface area contributed by atoms with Crippen molar-refractivity contribution in [2.45, 2.75) is 31.2 Å². The number of aromatic nitrogens is 2. The fraction of sp³-hybridized carbons (Fsp3) is 0.316. The number of halogens is 1. The zero-order valence-corrected chi connectivity index (χ0v) is 15.4. The Bertz CT molecular complexity index is 936. The van der Waals surface area contributed by atoms with E-state index in [1.807, 2.05) is 0 Å². The normalized spacial score (nSPS) is 16.8. The number of carbonyl (C=O) groups is 1. The van der Waals surface area contributed by atoms with Crippen LogP contribution in [0, 0.1) is 11.7 Å². The molecule has 2 heterocycles. The molecule has 1 atom stereocenters. The summed E-state index contributed by atoms with van der Waals surface area (Å²) in [5, 5.41) is 2.01. The van der Waals surface area contributed by atoms with Crippen molar-refractivity contribution in [3.05, 3.63) is 52.4 Å². The van der Waals surface area contributed by atoms with E-state index in [9.17, 15) is 9.18 Å². The second kappa shape index (κ2) is 6.84. The van der Waals surface area contributed by atoms with Crippen LogP contribution in [0.1, 0.15) is 34.1 Å². The van der Waals surface area contributed by atoms with E-state index in [4.69, 9.17) is 0 Å². The highest BCUT2D eigenvalue weighted by molar-refractivity contribution is 8.00. The van der Waals surface area contributed by atoms with Gasteiger partial charge < -0.3 is 0 Å². The highest BCUT2D eigenvalue weighted by Crippen LogP contribution is 2.40. The summed E-state index contributed by atoms with van der Waals surface area (Å²) < 4.78 is 13.0. The van der Waals surface area contributed by atoms with Crippen LogP contribution in [0.5, 0.6) is 0 Å². The molecule has 0 fully saturated rings. The first kappa shape index (κ1) is 16.7. The molecule has 3 nitrogen and oxygen atoms in total. The molecule has 0 N–H and O–H groups in total. The van der Waals surface area contributed by atoms with Crippen molar-refractivity contribution < 1.29 is 9.18 Å². The van der Waals surface area contributed by atoms with Crippen molar-refractivity contribution >= 4 is 39.1 Å². The van der Waals surface area contributed by atoms with Crippen LogP contribution in [0.25, 0.3) is 10.2 Å². The molecule has 1 aliphatic rings. The number of carbonyl (C=O) groups excluding carboxylic acids is 1. The SMILES string of the molecule is CC1CCc2c(sc3ncnc(SCC(=O)c4ccc(F)cc4)c23)C1. The summed E-state index contributed by atoms with van der Waals surface area (Å²) in [6, 6.07) is 5.69. The molecule has 1 aromatic carbocycles. The molecule has 3 aromatic rings. The van der Waals surface area contributed by atoms with Crippen LogP contribution in [0.3, 0.4) is 0 Å². The molecule has 0 radical (unpaired) electrons. The van der Waals surface area contributed by atoms with Crippen LogP contribution in [-0.4, -0.2) is 21.5 Å². The van der Waals surface area contributed by atoms with Gasteiger partial charge in [0.25, 0.3) is 0 Å². The molecule has 0 amide bonds. The second-order valence-electron chi connectivity index (χ2n) is 6.43.